The molecular weight excluding hydrogens is 424 g/mol. The number of hydrogen-bond acceptors (Lipinski definition) is 5. The molecule has 31 heavy (non-hydrogen) atoms. The molecule has 1 atom stereocenters. The number of aromatic nitrogens is 1. The molecule has 160 valence electrons. The molecule has 6 nitrogen and oxygen atoms in total. The highest BCUT2D eigenvalue weighted by atomic mass is 32.1. The lowest BCUT2D eigenvalue weighted by Crippen LogP contribution is -2.43. The Morgan fingerprint density at radius 1 is 1.16 bits per heavy atom. The van der Waals surface area contributed by atoms with Gasteiger partial charge in [0.05, 0.1) is 30.8 Å². The van der Waals surface area contributed by atoms with E-state index in [4.69, 9.17) is 4.74 Å². The zero-order valence-corrected chi connectivity index (χ0v) is 17.2. The summed E-state index contributed by atoms with van der Waals surface area (Å²) in [5, 5.41) is 4.54. The lowest BCUT2D eigenvalue weighted by Gasteiger charge is -2.33. The van der Waals surface area contributed by atoms with Gasteiger partial charge in [-0.25, -0.2) is 13.8 Å². The number of nitrogens with one attached hydrogen (secondary N) is 1. The minimum Gasteiger partial charge on any atom is -0.370 e. The van der Waals surface area contributed by atoms with E-state index in [1.165, 1.54) is 41.7 Å². The molecule has 2 heterocycles. The summed E-state index contributed by atoms with van der Waals surface area (Å²) in [6.45, 7) is 1.21. The maximum absolute atomic E-state index is 13.7. The summed E-state index contributed by atoms with van der Waals surface area (Å²) in [6, 6.07) is 11.7. The van der Waals surface area contributed by atoms with E-state index >= 15 is 0 Å². The molecule has 9 heteroatoms. The number of hydrogen-bond donors (Lipinski definition) is 1. The third-order valence-corrected chi connectivity index (χ3v) is 5.69. The number of thiazole rings is 1. The average Bonchev–Trinajstić information content (AvgIpc) is 3.21. The first-order valence-electron chi connectivity index (χ1n) is 9.65. The largest absolute Gasteiger partial charge is 0.370 e. The van der Waals surface area contributed by atoms with Crippen molar-refractivity contribution in [3.63, 3.8) is 0 Å². The summed E-state index contributed by atoms with van der Waals surface area (Å²) >= 11 is 1.17. The van der Waals surface area contributed by atoms with Crippen LogP contribution in [0, 0.1) is 11.6 Å². The van der Waals surface area contributed by atoms with Crippen molar-refractivity contribution < 1.29 is 23.1 Å². The number of carbonyl (C=O) groups excluding carboxylic acids is 2. The molecule has 0 radical (unpaired) electrons. The molecule has 0 spiro atoms. The normalized spacial score (nSPS) is 16.2. The molecule has 0 unspecified atom stereocenters. The van der Waals surface area contributed by atoms with Crippen molar-refractivity contribution in [1.29, 1.82) is 0 Å². The summed E-state index contributed by atoms with van der Waals surface area (Å²) in [5.41, 5.74) is 1.25. The second-order valence-corrected chi connectivity index (χ2v) is 7.86. The van der Waals surface area contributed by atoms with Gasteiger partial charge in [-0.1, -0.05) is 24.3 Å². The molecule has 1 fully saturated rings. The zero-order chi connectivity index (χ0) is 21.8. The number of carbonyl (C=O) groups is 2. The third-order valence-electron chi connectivity index (χ3n) is 4.88. The van der Waals surface area contributed by atoms with Crippen LogP contribution in [0.1, 0.15) is 27.7 Å². The molecule has 3 aromatic rings. The van der Waals surface area contributed by atoms with Gasteiger partial charge in [0.1, 0.15) is 17.7 Å². The second kappa shape index (κ2) is 9.32. The molecule has 2 amide bonds. The Hall–Kier alpha value is -3.17. The lowest BCUT2D eigenvalue weighted by molar-refractivity contribution is -0.138. The Labute approximate surface area is 181 Å². The van der Waals surface area contributed by atoms with Crippen molar-refractivity contribution >= 4 is 28.3 Å². The number of nitrogens with zero attached hydrogens (tertiary/aromatic N) is 2. The molecule has 1 aliphatic rings. The first-order chi connectivity index (χ1) is 15.0. The number of ether oxygens (including phenoxy) is 1. The predicted octanol–water partition coefficient (Wildman–Crippen LogP) is 3.82. The second-order valence-electron chi connectivity index (χ2n) is 7.01. The summed E-state index contributed by atoms with van der Waals surface area (Å²) < 4.78 is 32.6. The smallest absolute Gasteiger partial charge is 0.260 e. The average molecular weight is 443 g/mol. The van der Waals surface area contributed by atoms with Gasteiger partial charge in [-0.3, -0.25) is 14.9 Å². The van der Waals surface area contributed by atoms with E-state index in [9.17, 15) is 18.4 Å². The Bertz CT molecular complexity index is 1090. The van der Waals surface area contributed by atoms with Crippen molar-refractivity contribution in [2.75, 3.05) is 25.0 Å². The summed E-state index contributed by atoms with van der Waals surface area (Å²) in [7, 11) is 0. The van der Waals surface area contributed by atoms with Gasteiger partial charge in [-0.2, -0.15) is 0 Å². The van der Waals surface area contributed by atoms with E-state index < -0.39 is 11.7 Å². The fourth-order valence-electron chi connectivity index (χ4n) is 3.28. The van der Waals surface area contributed by atoms with Crippen LogP contribution in [-0.2, 0) is 16.0 Å². The molecule has 0 bridgehead atoms. The fraction of sp³-hybridized carbons (Fsp3) is 0.227. The van der Waals surface area contributed by atoms with E-state index in [0.29, 0.717) is 30.5 Å². The Morgan fingerprint density at radius 3 is 2.71 bits per heavy atom. The van der Waals surface area contributed by atoms with Gasteiger partial charge in [0.25, 0.3) is 5.91 Å². The Morgan fingerprint density at radius 2 is 1.94 bits per heavy atom. The Kier molecular flexibility index (Phi) is 6.34. The van der Waals surface area contributed by atoms with Crippen molar-refractivity contribution in [1.82, 2.24) is 9.88 Å². The van der Waals surface area contributed by atoms with Gasteiger partial charge in [0.15, 0.2) is 5.13 Å². The first-order valence-corrected chi connectivity index (χ1v) is 10.5. The standard InChI is InChI=1S/C22H19F2N3O3S/c23-15-7-5-14(6-8-15)19-12-27(9-10-30-19)20(28)11-16-13-31-22(25-16)26-21(29)17-3-1-2-4-18(17)24/h1-8,13,19H,9-12H2,(H,25,26,29)/t19-/m1/s1. The van der Waals surface area contributed by atoms with Crippen LogP contribution in [0.15, 0.2) is 53.9 Å². The maximum atomic E-state index is 13.7. The van der Waals surface area contributed by atoms with Gasteiger partial charge >= 0.3 is 0 Å². The molecule has 0 saturated carbocycles. The maximum Gasteiger partial charge on any atom is 0.260 e. The van der Waals surface area contributed by atoms with Gasteiger partial charge in [0, 0.05) is 11.9 Å². The van der Waals surface area contributed by atoms with Crippen molar-refractivity contribution in [3.8, 4) is 0 Å². The minimum absolute atomic E-state index is 0.0716. The quantitative estimate of drug-likeness (QED) is 0.651. The van der Waals surface area contributed by atoms with Crippen LogP contribution < -0.4 is 5.32 Å². The van der Waals surface area contributed by atoms with Crippen LogP contribution >= 0.6 is 11.3 Å². The predicted molar refractivity (Wildman–Crippen MR) is 112 cm³/mol. The van der Waals surface area contributed by atoms with E-state index in [0.717, 1.165) is 5.56 Å². The van der Waals surface area contributed by atoms with Crippen molar-refractivity contribution in [3.05, 3.63) is 82.4 Å². The highest BCUT2D eigenvalue weighted by Crippen LogP contribution is 2.24. The van der Waals surface area contributed by atoms with Gasteiger partial charge in [-0.15, -0.1) is 11.3 Å². The number of halogens is 2. The summed E-state index contributed by atoms with van der Waals surface area (Å²) in [6.07, 6.45) is -0.244. The van der Waals surface area contributed by atoms with Crippen LogP contribution in [0.3, 0.4) is 0 Å². The molecule has 4 rings (SSSR count). The number of morpholine rings is 1. The van der Waals surface area contributed by atoms with Crippen LogP contribution in [0.5, 0.6) is 0 Å². The van der Waals surface area contributed by atoms with E-state index in [2.05, 4.69) is 10.3 Å². The molecule has 1 N–H and O–H groups in total. The molecule has 2 aromatic carbocycles. The monoisotopic (exact) mass is 443 g/mol. The molecule has 1 aliphatic heterocycles. The Balaban J connectivity index is 1.35. The van der Waals surface area contributed by atoms with E-state index in [1.54, 1.807) is 28.5 Å². The molecule has 0 aliphatic carbocycles. The molecule has 1 aromatic heterocycles. The number of benzene rings is 2. The van der Waals surface area contributed by atoms with Gasteiger partial charge in [0.2, 0.25) is 5.91 Å². The highest BCUT2D eigenvalue weighted by molar-refractivity contribution is 7.14. The minimum atomic E-state index is -0.616. The first kappa shape index (κ1) is 21.1. The third kappa shape index (κ3) is 5.12. The molecule has 1 saturated heterocycles. The van der Waals surface area contributed by atoms with Crippen LogP contribution in [0.25, 0.3) is 0 Å². The van der Waals surface area contributed by atoms with Crippen LogP contribution in [-0.4, -0.2) is 41.4 Å². The van der Waals surface area contributed by atoms with Gasteiger partial charge in [-0.05, 0) is 29.8 Å². The zero-order valence-electron chi connectivity index (χ0n) is 16.4. The lowest BCUT2D eigenvalue weighted by atomic mass is 10.1. The van der Waals surface area contributed by atoms with Crippen LogP contribution in [0.4, 0.5) is 13.9 Å². The van der Waals surface area contributed by atoms with Crippen LogP contribution in [0.2, 0.25) is 0 Å². The van der Waals surface area contributed by atoms with E-state index in [-0.39, 0.29) is 29.8 Å². The number of amides is 2. The summed E-state index contributed by atoms with van der Waals surface area (Å²) in [5.74, 6) is -1.66. The molecular formula is C22H19F2N3O3S. The SMILES string of the molecule is O=C(Nc1nc(CC(=O)N2CCO[C@@H](c3ccc(F)cc3)C2)cs1)c1ccccc1F. The fourth-order valence-corrected chi connectivity index (χ4v) is 3.98. The highest BCUT2D eigenvalue weighted by Gasteiger charge is 2.26. The van der Waals surface area contributed by atoms with Crippen molar-refractivity contribution in [2.45, 2.75) is 12.5 Å². The summed E-state index contributed by atoms with van der Waals surface area (Å²) in [4.78, 5) is 30.9. The van der Waals surface area contributed by atoms with Crippen molar-refractivity contribution in [2.24, 2.45) is 0 Å². The number of rotatable bonds is 5. The van der Waals surface area contributed by atoms with Gasteiger partial charge < -0.3 is 9.64 Å². The number of anilines is 1. The topological polar surface area (TPSA) is 71.5 Å². The van der Waals surface area contributed by atoms with E-state index in [1.807, 2.05) is 0 Å².